The summed E-state index contributed by atoms with van der Waals surface area (Å²) in [7, 11) is 0. The number of phenolic OH excluding ortho intramolecular Hbond substituents is 1. The Labute approximate surface area is 133 Å². The molecule has 2 aromatic rings. The van der Waals surface area contributed by atoms with E-state index in [9.17, 15) is 19.5 Å². The lowest BCUT2D eigenvalue weighted by atomic mass is 10.1. The fourth-order valence-corrected chi connectivity index (χ4v) is 1.90. The van der Waals surface area contributed by atoms with Gasteiger partial charge in [-0.15, -0.1) is 0 Å². The van der Waals surface area contributed by atoms with Crippen molar-refractivity contribution in [2.45, 2.75) is 13.8 Å². The number of carbonyl (C=O) groups excluding carboxylic acids is 3. The van der Waals surface area contributed by atoms with Crippen LogP contribution in [0.4, 0.5) is 11.4 Å². The van der Waals surface area contributed by atoms with Gasteiger partial charge in [0.05, 0.1) is 5.69 Å². The smallest absolute Gasteiger partial charge is 0.314 e. The highest BCUT2D eigenvalue weighted by Gasteiger charge is 2.15. The second kappa shape index (κ2) is 6.74. The predicted octanol–water partition coefficient (Wildman–Crippen LogP) is 2.48. The number of aromatic hydroxyl groups is 1. The SMILES string of the molecule is CC(=O)c1ccc(NC(=O)C(=O)Nc2ccc(C)cc2O)cc1. The third kappa shape index (κ3) is 4.16. The van der Waals surface area contributed by atoms with Crippen molar-refractivity contribution in [3.63, 3.8) is 0 Å². The van der Waals surface area contributed by atoms with Crippen molar-refractivity contribution in [1.82, 2.24) is 0 Å². The van der Waals surface area contributed by atoms with Crippen LogP contribution < -0.4 is 10.6 Å². The average Bonchev–Trinajstić information content (AvgIpc) is 2.50. The van der Waals surface area contributed by atoms with Crippen molar-refractivity contribution in [2.75, 3.05) is 10.6 Å². The number of Topliss-reactive ketones (excluding diaryl/α,β-unsaturated/α-hetero) is 1. The number of anilines is 2. The lowest BCUT2D eigenvalue weighted by Gasteiger charge is -2.08. The molecule has 0 saturated heterocycles. The number of amides is 2. The van der Waals surface area contributed by atoms with Crippen LogP contribution in [0.1, 0.15) is 22.8 Å². The van der Waals surface area contributed by atoms with E-state index in [1.165, 1.54) is 31.2 Å². The van der Waals surface area contributed by atoms with Crippen molar-refractivity contribution in [1.29, 1.82) is 0 Å². The van der Waals surface area contributed by atoms with Crippen LogP contribution in [0, 0.1) is 6.92 Å². The van der Waals surface area contributed by atoms with Crippen molar-refractivity contribution >= 4 is 29.0 Å². The van der Waals surface area contributed by atoms with Gasteiger partial charge in [-0.3, -0.25) is 14.4 Å². The summed E-state index contributed by atoms with van der Waals surface area (Å²) in [4.78, 5) is 34.9. The van der Waals surface area contributed by atoms with Crippen molar-refractivity contribution in [2.24, 2.45) is 0 Å². The van der Waals surface area contributed by atoms with Crippen molar-refractivity contribution in [3.05, 3.63) is 53.6 Å². The number of hydrogen-bond donors (Lipinski definition) is 3. The van der Waals surface area contributed by atoms with Gasteiger partial charge in [0.1, 0.15) is 5.75 Å². The summed E-state index contributed by atoms with van der Waals surface area (Å²) in [6, 6.07) is 10.9. The number of ketones is 1. The highest BCUT2D eigenvalue weighted by atomic mass is 16.3. The van der Waals surface area contributed by atoms with E-state index in [1.807, 2.05) is 0 Å². The summed E-state index contributed by atoms with van der Waals surface area (Å²) in [6.45, 7) is 3.23. The van der Waals surface area contributed by atoms with Crippen LogP contribution >= 0.6 is 0 Å². The van der Waals surface area contributed by atoms with Gasteiger partial charge in [0.2, 0.25) is 0 Å². The number of phenols is 1. The molecular weight excluding hydrogens is 296 g/mol. The zero-order chi connectivity index (χ0) is 17.0. The molecule has 6 nitrogen and oxygen atoms in total. The van der Waals surface area contributed by atoms with E-state index in [-0.39, 0.29) is 17.2 Å². The number of nitrogens with one attached hydrogen (secondary N) is 2. The Bertz CT molecular complexity index is 767. The van der Waals surface area contributed by atoms with Gasteiger partial charge in [0.25, 0.3) is 0 Å². The zero-order valence-corrected chi connectivity index (χ0v) is 12.7. The van der Waals surface area contributed by atoms with Gasteiger partial charge in [-0.25, -0.2) is 0 Å². The molecule has 0 radical (unpaired) electrons. The normalized spacial score (nSPS) is 10.0. The van der Waals surface area contributed by atoms with Gasteiger partial charge in [0.15, 0.2) is 5.78 Å². The Morgan fingerprint density at radius 3 is 2.09 bits per heavy atom. The van der Waals surface area contributed by atoms with E-state index in [1.54, 1.807) is 25.1 Å². The maximum absolute atomic E-state index is 11.8. The minimum absolute atomic E-state index is 0.0875. The number of carbonyl (C=O) groups is 3. The molecule has 0 aliphatic rings. The Hall–Kier alpha value is -3.15. The van der Waals surface area contributed by atoms with Gasteiger partial charge in [-0.1, -0.05) is 6.07 Å². The summed E-state index contributed by atoms with van der Waals surface area (Å²) in [5.41, 5.74) is 1.89. The number of benzene rings is 2. The first-order valence-electron chi connectivity index (χ1n) is 6.90. The Balaban J connectivity index is 2.02. The van der Waals surface area contributed by atoms with E-state index >= 15 is 0 Å². The molecular formula is C17H16N2O4. The molecule has 0 aliphatic heterocycles. The fraction of sp³-hybridized carbons (Fsp3) is 0.118. The molecule has 0 fully saturated rings. The van der Waals surface area contributed by atoms with E-state index in [0.717, 1.165) is 5.56 Å². The fourth-order valence-electron chi connectivity index (χ4n) is 1.90. The summed E-state index contributed by atoms with van der Waals surface area (Å²) < 4.78 is 0. The molecule has 23 heavy (non-hydrogen) atoms. The quantitative estimate of drug-likeness (QED) is 0.461. The van der Waals surface area contributed by atoms with Gasteiger partial charge in [-0.05, 0) is 55.8 Å². The molecule has 0 bridgehead atoms. The third-order valence-corrected chi connectivity index (χ3v) is 3.16. The minimum Gasteiger partial charge on any atom is -0.506 e. The standard InChI is InChI=1S/C17H16N2O4/c1-10-3-8-14(15(21)9-10)19-17(23)16(22)18-13-6-4-12(5-7-13)11(2)20/h3-9,21H,1-2H3,(H,18,22)(H,19,23). The number of hydrogen-bond acceptors (Lipinski definition) is 4. The maximum Gasteiger partial charge on any atom is 0.314 e. The predicted molar refractivity (Wildman–Crippen MR) is 86.5 cm³/mol. The van der Waals surface area contributed by atoms with Crippen LogP contribution in [0.15, 0.2) is 42.5 Å². The van der Waals surface area contributed by atoms with Gasteiger partial charge < -0.3 is 15.7 Å². The van der Waals surface area contributed by atoms with Crippen molar-refractivity contribution in [3.8, 4) is 5.75 Å². The molecule has 3 N–H and O–H groups in total. The molecule has 2 aromatic carbocycles. The summed E-state index contributed by atoms with van der Waals surface area (Å²) in [5.74, 6) is -1.98. The second-order valence-electron chi connectivity index (χ2n) is 5.06. The topological polar surface area (TPSA) is 95.5 Å². The average molecular weight is 312 g/mol. The number of rotatable bonds is 3. The molecule has 2 amide bonds. The monoisotopic (exact) mass is 312 g/mol. The van der Waals surface area contributed by atoms with Crippen LogP contribution in [0.2, 0.25) is 0 Å². The van der Waals surface area contributed by atoms with Crippen LogP contribution in [-0.4, -0.2) is 22.7 Å². The molecule has 0 heterocycles. The third-order valence-electron chi connectivity index (χ3n) is 3.16. The minimum atomic E-state index is -0.903. The Morgan fingerprint density at radius 1 is 0.913 bits per heavy atom. The summed E-state index contributed by atoms with van der Waals surface area (Å²) in [6.07, 6.45) is 0. The van der Waals surface area contributed by atoms with Crippen molar-refractivity contribution < 1.29 is 19.5 Å². The largest absolute Gasteiger partial charge is 0.506 e. The molecule has 2 rings (SSSR count). The van der Waals surface area contributed by atoms with Crippen LogP contribution in [0.5, 0.6) is 5.75 Å². The molecule has 0 atom stereocenters. The van der Waals surface area contributed by atoms with Crippen LogP contribution in [0.25, 0.3) is 0 Å². The summed E-state index contributed by atoms with van der Waals surface area (Å²) in [5, 5.41) is 14.5. The molecule has 0 unspecified atom stereocenters. The molecule has 0 aromatic heterocycles. The van der Waals surface area contributed by atoms with E-state index < -0.39 is 11.8 Å². The van der Waals surface area contributed by atoms with Gasteiger partial charge in [0, 0.05) is 11.3 Å². The Kier molecular flexibility index (Phi) is 4.75. The summed E-state index contributed by atoms with van der Waals surface area (Å²) >= 11 is 0. The highest BCUT2D eigenvalue weighted by molar-refractivity contribution is 6.43. The van der Waals surface area contributed by atoms with Gasteiger partial charge in [-0.2, -0.15) is 0 Å². The number of aryl methyl sites for hydroxylation is 1. The molecule has 0 saturated carbocycles. The lowest BCUT2D eigenvalue weighted by molar-refractivity contribution is -0.133. The first kappa shape index (κ1) is 16.2. The Morgan fingerprint density at radius 2 is 1.52 bits per heavy atom. The van der Waals surface area contributed by atoms with E-state index in [4.69, 9.17) is 0 Å². The molecule has 118 valence electrons. The highest BCUT2D eigenvalue weighted by Crippen LogP contribution is 2.23. The maximum atomic E-state index is 11.8. The van der Waals surface area contributed by atoms with Crippen LogP contribution in [0.3, 0.4) is 0 Å². The second-order valence-corrected chi connectivity index (χ2v) is 5.06. The first-order valence-corrected chi connectivity index (χ1v) is 6.90. The van der Waals surface area contributed by atoms with Gasteiger partial charge >= 0.3 is 11.8 Å². The van der Waals surface area contributed by atoms with Crippen LogP contribution in [-0.2, 0) is 9.59 Å². The molecule has 6 heteroatoms. The van der Waals surface area contributed by atoms with E-state index in [2.05, 4.69) is 10.6 Å². The van der Waals surface area contributed by atoms with E-state index in [0.29, 0.717) is 11.3 Å². The first-order chi connectivity index (χ1) is 10.9. The zero-order valence-electron chi connectivity index (χ0n) is 12.7. The molecule has 0 aliphatic carbocycles. The molecule has 0 spiro atoms. The lowest BCUT2D eigenvalue weighted by Crippen LogP contribution is -2.29.